The molecule has 0 spiro atoms. The number of benzene rings is 1. The summed E-state index contributed by atoms with van der Waals surface area (Å²) >= 11 is 0. The summed E-state index contributed by atoms with van der Waals surface area (Å²) in [6.45, 7) is 4.55. The van der Waals surface area contributed by atoms with Crippen LogP contribution in [-0.2, 0) is 17.8 Å². The molecular weight excluding hydrogens is 280 g/mol. The van der Waals surface area contributed by atoms with Crippen LogP contribution in [-0.4, -0.2) is 38.7 Å². The largest absolute Gasteiger partial charge is 0.480 e. The molecule has 0 N–H and O–H groups in total. The fourth-order valence-electron chi connectivity index (χ4n) is 2.67. The van der Waals surface area contributed by atoms with Gasteiger partial charge in [-0.15, -0.1) is 10.2 Å². The van der Waals surface area contributed by atoms with Crippen LogP contribution in [0.2, 0.25) is 0 Å². The van der Waals surface area contributed by atoms with Crippen molar-refractivity contribution < 1.29 is 9.53 Å². The van der Waals surface area contributed by atoms with Crippen LogP contribution < -0.4 is 4.74 Å². The van der Waals surface area contributed by atoms with Gasteiger partial charge in [-0.05, 0) is 25.5 Å². The second-order valence-electron chi connectivity index (χ2n) is 5.86. The lowest BCUT2D eigenvalue weighted by Crippen LogP contribution is -2.39. The maximum atomic E-state index is 12.6. The number of ether oxygens (including phenoxy) is 1. The fraction of sp³-hybridized carbons (Fsp3) is 0.438. The van der Waals surface area contributed by atoms with E-state index < -0.39 is 6.10 Å². The summed E-state index contributed by atoms with van der Waals surface area (Å²) in [7, 11) is 1.77. The van der Waals surface area contributed by atoms with E-state index in [2.05, 4.69) is 24.0 Å². The molecule has 0 fully saturated rings. The zero-order chi connectivity index (χ0) is 15.7. The van der Waals surface area contributed by atoms with Gasteiger partial charge < -0.3 is 14.2 Å². The van der Waals surface area contributed by atoms with Gasteiger partial charge in [0.15, 0.2) is 11.9 Å². The molecule has 0 saturated heterocycles. The lowest BCUT2D eigenvalue weighted by molar-refractivity contribution is -0.137. The standard InChI is InChI=1S/C16H20N4O2/c1-11(2)20-10-17-18-15(20)9-19(3)16(21)14-8-12-6-4-5-7-13(12)22-14/h4-7,10-11,14H,8-9H2,1-3H3/t14-/m1/s1. The molecule has 6 nitrogen and oxygen atoms in total. The Balaban J connectivity index is 1.67. The topological polar surface area (TPSA) is 60.2 Å². The Morgan fingerprint density at radius 1 is 1.45 bits per heavy atom. The summed E-state index contributed by atoms with van der Waals surface area (Å²) in [6.07, 6.45) is 1.87. The van der Waals surface area contributed by atoms with Gasteiger partial charge in [0.25, 0.3) is 5.91 Å². The number of carbonyl (C=O) groups is 1. The highest BCUT2D eigenvalue weighted by molar-refractivity contribution is 5.82. The molecule has 1 aliphatic heterocycles. The lowest BCUT2D eigenvalue weighted by Gasteiger charge is -2.21. The molecule has 0 bridgehead atoms. The predicted octanol–water partition coefficient (Wildman–Crippen LogP) is 1.82. The molecular formula is C16H20N4O2. The third-order valence-corrected chi connectivity index (χ3v) is 3.88. The number of carbonyl (C=O) groups excluding carboxylic acids is 1. The Morgan fingerprint density at radius 3 is 2.95 bits per heavy atom. The van der Waals surface area contributed by atoms with E-state index in [4.69, 9.17) is 4.74 Å². The molecule has 1 aliphatic rings. The van der Waals surface area contributed by atoms with Crippen molar-refractivity contribution in [2.24, 2.45) is 0 Å². The van der Waals surface area contributed by atoms with Crippen molar-refractivity contribution in [1.29, 1.82) is 0 Å². The normalized spacial score (nSPS) is 16.5. The molecule has 0 saturated carbocycles. The highest BCUT2D eigenvalue weighted by Gasteiger charge is 2.31. The van der Waals surface area contributed by atoms with E-state index >= 15 is 0 Å². The fourth-order valence-corrected chi connectivity index (χ4v) is 2.67. The van der Waals surface area contributed by atoms with Crippen molar-refractivity contribution in [3.63, 3.8) is 0 Å². The Labute approximate surface area is 129 Å². The van der Waals surface area contributed by atoms with Crippen LogP contribution in [0.4, 0.5) is 0 Å². The highest BCUT2D eigenvalue weighted by atomic mass is 16.5. The number of rotatable bonds is 4. The molecule has 116 valence electrons. The van der Waals surface area contributed by atoms with Crippen LogP contribution in [0.5, 0.6) is 5.75 Å². The molecule has 22 heavy (non-hydrogen) atoms. The molecule has 3 rings (SSSR count). The molecule has 6 heteroatoms. The van der Waals surface area contributed by atoms with Gasteiger partial charge in [-0.2, -0.15) is 0 Å². The minimum atomic E-state index is -0.446. The number of nitrogens with zero attached hydrogens (tertiary/aromatic N) is 4. The van der Waals surface area contributed by atoms with Crippen LogP contribution in [0.3, 0.4) is 0 Å². The number of aromatic nitrogens is 3. The SMILES string of the molecule is CC(C)n1cnnc1CN(C)C(=O)[C@H]1Cc2ccccc2O1. The minimum absolute atomic E-state index is 0.0329. The van der Waals surface area contributed by atoms with Crippen LogP contribution in [0.15, 0.2) is 30.6 Å². The molecule has 1 atom stereocenters. The Bertz CT molecular complexity index is 655. The van der Waals surface area contributed by atoms with Crippen LogP contribution in [0.25, 0.3) is 0 Å². The van der Waals surface area contributed by atoms with Gasteiger partial charge in [0.05, 0.1) is 6.54 Å². The number of amides is 1. The van der Waals surface area contributed by atoms with Crippen LogP contribution in [0, 0.1) is 0 Å². The third-order valence-electron chi connectivity index (χ3n) is 3.88. The number of hydrogen-bond acceptors (Lipinski definition) is 4. The number of para-hydroxylation sites is 1. The summed E-state index contributed by atoms with van der Waals surface area (Å²) in [5, 5.41) is 8.03. The summed E-state index contributed by atoms with van der Waals surface area (Å²) in [6, 6.07) is 8.04. The average Bonchev–Trinajstić information content (AvgIpc) is 3.12. The van der Waals surface area contributed by atoms with Gasteiger partial charge in [0.1, 0.15) is 12.1 Å². The second kappa shape index (κ2) is 5.79. The number of fused-ring (bicyclic) bond motifs is 1. The molecule has 0 radical (unpaired) electrons. The van der Waals surface area contributed by atoms with E-state index in [1.54, 1.807) is 18.3 Å². The lowest BCUT2D eigenvalue weighted by atomic mass is 10.1. The first-order valence-electron chi connectivity index (χ1n) is 7.44. The zero-order valence-electron chi connectivity index (χ0n) is 13.1. The Kier molecular flexibility index (Phi) is 3.83. The third kappa shape index (κ3) is 2.68. The Morgan fingerprint density at radius 2 is 2.23 bits per heavy atom. The minimum Gasteiger partial charge on any atom is -0.480 e. The monoisotopic (exact) mass is 300 g/mol. The van der Waals surface area contributed by atoms with Gasteiger partial charge in [-0.25, -0.2) is 0 Å². The summed E-state index contributed by atoms with van der Waals surface area (Å²) < 4.78 is 7.72. The van der Waals surface area contributed by atoms with Gasteiger partial charge in [0, 0.05) is 19.5 Å². The van der Waals surface area contributed by atoms with E-state index in [1.807, 2.05) is 28.8 Å². The highest BCUT2D eigenvalue weighted by Crippen LogP contribution is 2.28. The van der Waals surface area contributed by atoms with Gasteiger partial charge in [0.2, 0.25) is 0 Å². The van der Waals surface area contributed by atoms with Crippen molar-refractivity contribution in [3.05, 3.63) is 42.0 Å². The molecule has 1 amide bonds. The van der Waals surface area contributed by atoms with Crippen molar-refractivity contribution in [2.45, 2.75) is 39.0 Å². The molecule has 1 aromatic heterocycles. The van der Waals surface area contributed by atoms with Crippen LogP contribution in [0.1, 0.15) is 31.3 Å². The van der Waals surface area contributed by atoms with Crippen molar-refractivity contribution in [3.8, 4) is 5.75 Å². The number of likely N-dealkylation sites (N-methyl/N-ethyl adjacent to an activating group) is 1. The molecule has 0 unspecified atom stereocenters. The molecule has 2 aromatic rings. The smallest absolute Gasteiger partial charge is 0.264 e. The van der Waals surface area contributed by atoms with E-state index in [1.165, 1.54) is 0 Å². The molecule has 2 heterocycles. The van der Waals surface area contributed by atoms with Crippen molar-refractivity contribution in [1.82, 2.24) is 19.7 Å². The summed E-state index contributed by atoms with van der Waals surface area (Å²) in [4.78, 5) is 14.2. The Hall–Kier alpha value is -2.37. The van der Waals surface area contributed by atoms with E-state index in [-0.39, 0.29) is 11.9 Å². The van der Waals surface area contributed by atoms with Crippen LogP contribution >= 0.6 is 0 Å². The first-order valence-corrected chi connectivity index (χ1v) is 7.44. The van der Waals surface area contributed by atoms with Gasteiger partial charge in [-0.1, -0.05) is 18.2 Å². The van der Waals surface area contributed by atoms with Crippen molar-refractivity contribution in [2.75, 3.05) is 7.05 Å². The first-order chi connectivity index (χ1) is 10.6. The maximum absolute atomic E-state index is 12.6. The van der Waals surface area contributed by atoms with E-state index in [0.717, 1.165) is 17.1 Å². The second-order valence-corrected chi connectivity index (χ2v) is 5.86. The van der Waals surface area contributed by atoms with Crippen molar-refractivity contribution >= 4 is 5.91 Å². The van der Waals surface area contributed by atoms with E-state index in [0.29, 0.717) is 13.0 Å². The quantitative estimate of drug-likeness (QED) is 0.864. The predicted molar refractivity (Wildman–Crippen MR) is 81.4 cm³/mol. The average molecular weight is 300 g/mol. The summed E-state index contributed by atoms with van der Waals surface area (Å²) in [5.41, 5.74) is 1.08. The summed E-state index contributed by atoms with van der Waals surface area (Å²) in [5.74, 6) is 1.55. The number of hydrogen-bond donors (Lipinski definition) is 0. The van der Waals surface area contributed by atoms with Gasteiger partial charge in [-0.3, -0.25) is 4.79 Å². The van der Waals surface area contributed by atoms with Gasteiger partial charge >= 0.3 is 0 Å². The molecule has 1 aromatic carbocycles. The zero-order valence-corrected chi connectivity index (χ0v) is 13.1. The first kappa shape index (κ1) is 14.6. The molecule has 0 aliphatic carbocycles. The van der Waals surface area contributed by atoms with E-state index in [9.17, 15) is 4.79 Å². The maximum Gasteiger partial charge on any atom is 0.264 e.